The summed E-state index contributed by atoms with van der Waals surface area (Å²) in [5, 5.41) is 0. The van der Waals surface area contributed by atoms with Crippen molar-refractivity contribution < 1.29 is 9.53 Å². The quantitative estimate of drug-likeness (QED) is 0.762. The van der Waals surface area contributed by atoms with E-state index in [0.717, 1.165) is 19.3 Å². The molecule has 0 aromatic heterocycles. The van der Waals surface area contributed by atoms with Crippen LogP contribution in [-0.2, 0) is 17.6 Å². The second kappa shape index (κ2) is 5.32. The zero-order valence-electron chi connectivity index (χ0n) is 9.23. The average Bonchev–Trinajstić information content (AvgIpc) is 2.27. The van der Waals surface area contributed by atoms with Crippen molar-refractivity contribution in [1.82, 2.24) is 0 Å². The first kappa shape index (κ1) is 13.0. The maximum Gasteiger partial charge on any atom is 0.337 e. The molecule has 2 N–H and O–H groups in total. The van der Waals surface area contributed by atoms with E-state index in [-0.39, 0.29) is 24.4 Å². The van der Waals surface area contributed by atoms with Crippen LogP contribution in [0.1, 0.15) is 27.9 Å². The van der Waals surface area contributed by atoms with Gasteiger partial charge in [-0.15, -0.1) is 12.4 Å². The molecule has 1 unspecified atom stereocenters. The minimum Gasteiger partial charge on any atom is -0.465 e. The number of esters is 1. The number of hydrogen-bond donors (Lipinski definition) is 1. The topological polar surface area (TPSA) is 52.3 Å². The van der Waals surface area contributed by atoms with Crippen LogP contribution in [0.15, 0.2) is 18.2 Å². The van der Waals surface area contributed by atoms with Crippen LogP contribution in [0.2, 0.25) is 0 Å². The molecule has 88 valence electrons. The monoisotopic (exact) mass is 241 g/mol. The van der Waals surface area contributed by atoms with Crippen LogP contribution in [0.5, 0.6) is 0 Å². The molecule has 0 amide bonds. The van der Waals surface area contributed by atoms with E-state index in [0.29, 0.717) is 5.56 Å². The molecule has 2 rings (SSSR count). The second-order valence-electron chi connectivity index (χ2n) is 3.98. The number of halogens is 1. The Hall–Kier alpha value is -1.06. The van der Waals surface area contributed by atoms with Gasteiger partial charge >= 0.3 is 5.97 Å². The summed E-state index contributed by atoms with van der Waals surface area (Å²) in [5.41, 5.74) is 9.01. The largest absolute Gasteiger partial charge is 0.465 e. The molecule has 1 aromatic carbocycles. The molecule has 0 heterocycles. The van der Waals surface area contributed by atoms with Crippen molar-refractivity contribution in [3.63, 3.8) is 0 Å². The Bertz CT molecular complexity index is 393. The van der Waals surface area contributed by atoms with Crippen molar-refractivity contribution in [2.75, 3.05) is 7.11 Å². The van der Waals surface area contributed by atoms with Crippen molar-refractivity contribution in [1.29, 1.82) is 0 Å². The summed E-state index contributed by atoms with van der Waals surface area (Å²) in [6, 6.07) is 5.98. The lowest BCUT2D eigenvalue weighted by Crippen LogP contribution is -2.27. The third-order valence-corrected chi connectivity index (χ3v) is 2.89. The normalized spacial score (nSPS) is 18.2. The number of ether oxygens (including phenoxy) is 1. The molecular weight excluding hydrogens is 226 g/mol. The van der Waals surface area contributed by atoms with Gasteiger partial charge in [0.25, 0.3) is 0 Å². The zero-order valence-corrected chi connectivity index (χ0v) is 10.0. The Morgan fingerprint density at radius 3 is 2.88 bits per heavy atom. The van der Waals surface area contributed by atoms with E-state index >= 15 is 0 Å². The van der Waals surface area contributed by atoms with E-state index in [9.17, 15) is 4.79 Å². The summed E-state index contributed by atoms with van der Waals surface area (Å²) in [7, 11) is 1.40. The molecule has 4 heteroatoms. The maximum atomic E-state index is 11.3. The smallest absolute Gasteiger partial charge is 0.337 e. The van der Waals surface area contributed by atoms with Gasteiger partial charge in [-0.2, -0.15) is 0 Å². The Morgan fingerprint density at radius 1 is 1.44 bits per heavy atom. The van der Waals surface area contributed by atoms with Crippen molar-refractivity contribution in [2.24, 2.45) is 5.73 Å². The van der Waals surface area contributed by atoms with Gasteiger partial charge in [-0.25, -0.2) is 4.79 Å². The van der Waals surface area contributed by atoms with E-state index in [1.165, 1.54) is 18.2 Å². The van der Waals surface area contributed by atoms with Gasteiger partial charge in [-0.1, -0.05) is 6.07 Å². The first-order valence-corrected chi connectivity index (χ1v) is 5.16. The maximum absolute atomic E-state index is 11.3. The first-order valence-electron chi connectivity index (χ1n) is 5.16. The molecule has 0 saturated heterocycles. The van der Waals surface area contributed by atoms with Gasteiger partial charge in [-0.3, -0.25) is 0 Å². The summed E-state index contributed by atoms with van der Waals surface area (Å²) < 4.78 is 4.68. The molecule has 0 radical (unpaired) electrons. The van der Waals surface area contributed by atoms with Crippen LogP contribution in [0.4, 0.5) is 0 Å². The van der Waals surface area contributed by atoms with Gasteiger partial charge in [0, 0.05) is 6.04 Å². The molecule has 1 aliphatic carbocycles. The fourth-order valence-electron chi connectivity index (χ4n) is 2.03. The first-order chi connectivity index (χ1) is 7.20. The lowest BCUT2D eigenvalue weighted by atomic mass is 9.88. The molecule has 0 saturated carbocycles. The van der Waals surface area contributed by atoms with Crippen molar-refractivity contribution >= 4 is 18.4 Å². The summed E-state index contributed by atoms with van der Waals surface area (Å²) >= 11 is 0. The predicted octanol–water partition coefficient (Wildman–Crippen LogP) is 1.71. The summed E-state index contributed by atoms with van der Waals surface area (Å²) in [6.07, 6.45) is 2.87. The van der Waals surface area contributed by atoms with E-state index in [4.69, 9.17) is 5.73 Å². The molecule has 1 aromatic rings. The van der Waals surface area contributed by atoms with E-state index in [1.54, 1.807) is 0 Å². The molecule has 0 fully saturated rings. The Labute approximate surface area is 101 Å². The molecule has 0 bridgehead atoms. The Kier molecular flexibility index (Phi) is 4.33. The number of carbonyl (C=O) groups is 1. The van der Waals surface area contributed by atoms with Crippen LogP contribution in [0.3, 0.4) is 0 Å². The lowest BCUT2D eigenvalue weighted by molar-refractivity contribution is 0.0600. The highest BCUT2D eigenvalue weighted by atomic mass is 35.5. The number of rotatable bonds is 1. The summed E-state index contributed by atoms with van der Waals surface area (Å²) in [6.45, 7) is 0. The second-order valence-corrected chi connectivity index (χ2v) is 3.98. The van der Waals surface area contributed by atoms with Crippen molar-refractivity contribution in [2.45, 2.75) is 25.3 Å². The molecular formula is C12H16ClNO2. The average molecular weight is 242 g/mol. The summed E-state index contributed by atoms with van der Waals surface area (Å²) in [4.78, 5) is 11.3. The highest BCUT2D eigenvalue weighted by Crippen LogP contribution is 2.22. The third kappa shape index (κ3) is 2.54. The van der Waals surface area contributed by atoms with E-state index in [1.807, 2.05) is 18.2 Å². The SMILES string of the molecule is COC(=O)c1ccc2c(c1)CCC(N)C2.Cl. The van der Waals surface area contributed by atoms with Gasteiger partial charge in [0.05, 0.1) is 12.7 Å². The van der Waals surface area contributed by atoms with Gasteiger partial charge in [0.15, 0.2) is 0 Å². The number of fused-ring (bicyclic) bond motifs is 1. The van der Waals surface area contributed by atoms with E-state index < -0.39 is 0 Å². The highest BCUT2D eigenvalue weighted by molar-refractivity contribution is 5.89. The predicted molar refractivity (Wildman–Crippen MR) is 65.0 cm³/mol. The number of benzene rings is 1. The Morgan fingerprint density at radius 2 is 2.19 bits per heavy atom. The molecule has 0 spiro atoms. The van der Waals surface area contributed by atoms with Crippen LogP contribution in [0, 0.1) is 0 Å². The molecule has 0 aliphatic heterocycles. The fraction of sp³-hybridized carbons (Fsp3) is 0.417. The number of hydrogen-bond acceptors (Lipinski definition) is 3. The van der Waals surface area contributed by atoms with Gasteiger partial charge in [0.2, 0.25) is 0 Å². The fourth-order valence-corrected chi connectivity index (χ4v) is 2.03. The third-order valence-electron chi connectivity index (χ3n) is 2.89. The van der Waals surface area contributed by atoms with Gasteiger partial charge in [0.1, 0.15) is 0 Å². The van der Waals surface area contributed by atoms with Gasteiger partial charge < -0.3 is 10.5 Å². The van der Waals surface area contributed by atoms with Crippen LogP contribution in [-0.4, -0.2) is 19.1 Å². The minimum atomic E-state index is -0.271. The van der Waals surface area contributed by atoms with Gasteiger partial charge in [-0.05, 0) is 42.5 Å². The molecule has 3 nitrogen and oxygen atoms in total. The van der Waals surface area contributed by atoms with Crippen LogP contribution < -0.4 is 5.73 Å². The molecule has 1 aliphatic rings. The zero-order chi connectivity index (χ0) is 10.8. The summed E-state index contributed by atoms with van der Waals surface area (Å²) in [5.74, 6) is -0.271. The minimum absolute atomic E-state index is 0. The van der Waals surface area contributed by atoms with Crippen molar-refractivity contribution in [3.8, 4) is 0 Å². The van der Waals surface area contributed by atoms with Crippen molar-refractivity contribution in [3.05, 3.63) is 34.9 Å². The highest BCUT2D eigenvalue weighted by Gasteiger charge is 2.17. The number of nitrogens with two attached hydrogens (primary N) is 1. The number of carbonyl (C=O) groups excluding carboxylic acids is 1. The van der Waals surface area contributed by atoms with Crippen LogP contribution in [0.25, 0.3) is 0 Å². The Balaban J connectivity index is 0.00000128. The number of aryl methyl sites for hydroxylation is 1. The van der Waals surface area contributed by atoms with E-state index in [2.05, 4.69) is 4.74 Å². The molecule has 16 heavy (non-hydrogen) atoms. The lowest BCUT2D eigenvalue weighted by Gasteiger charge is -2.21. The molecule has 1 atom stereocenters. The standard InChI is InChI=1S/C12H15NO2.ClH/c1-15-12(14)10-3-2-9-7-11(13)5-4-8(9)6-10;/h2-3,6,11H,4-5,7,13H2,1H3;1H. The number of methoxy groups -OCH3 is 1. The van der Waals surface area contributed by atoms with Crippen LogP contribution >= 0.6 is 12.4 Å².